The van der Waals surface area contributed by atoms with Gasteiger partial charge < -0.3 is 9.73 Å². The molecule has 2 aromatic heterocycles. The van der Waals surface area contributed by atoms with E-state index in [0.717, 1.165) is 16.7 Å². The summed E-state index contributed by atoms with van der Waals surface area (Å²) in [5, 5.41) is 13.0. The standard InChI is InChI=1S/C21H18N4O2S/c1-2-12-25-20(18-13-15-8-6-7-11-17(15)27-18)23-24-21(25)28-14-19(26)22-16-9-4-3-5-10-16/h2-11,13H,1,12,14H2,(H,22,26). The van der Waals surface area contributed by atoms with Gasteiger partial charge in [-0.3, -0.25) is 9.36 Å². The fourth-order valence-electron chi connectivity index (χ4n) is 2.81. The van der Waals surface area contributed by atoms with Gasteiger partial charge in [-0.2, -0.15) is 0 Å². The molecule has 1 N–H and O–H groups in total. The Kier molecular flexibility index (Phi) is 5.25. The van der Waals surface area contributed by atoms with E-state index in [0.29, 0.717) is 23.3 Å². The number of nitrogens with zero attached hydrogens (tertiary/aromatic N) is 3. The minimum atomic E-state index is -0.102. The Morgan fingerprint density at radius 2 is 1.93 bits per heavy atom. The molecule has 0 radical (unpaired) electrons. The van der Waals surface area contributed by atoms with Gasteiger partial charge in [0, 0.05) is 17.6 Å². The van der Waals surface area contributed by atoms with Crippen molar-refractivity contribution >= 4 is 34.3 Å². The fourth-order valence-corrected chi connectivity index (χ4v) is 3.56. The van der Waals surface area contributed by atoms with Crippen molar-refractivity contribution in [3.63, 3.8) is 0 Å². The maximum atomic E-state index is 12.2. The number of hydrogen-bond donors (Lipinski definition) is 1. The van der Waals surface area contributed by atoms with Gasteiger partial charge in [-0.25, -0.2) is 0 Å². The number of thioether (sulfide) groups is 1. The van der Waals surface area contributed by atoms with Crippen LogP contribution in [0.3, 0.4) is 0 Å². The molecule has 2 aromatic carbocycles. The van der Waals surface area contributed by atoms with Crippen LogP contribution >= 0.6 is 11.8 Å². The van der Waals surface area contributed by atoms with E-state index in [1.807, 2.05) is 65.2 Å². The van der Waals surface area contributed by atoms with Gasteiger partial charge in [0.25, 0.3) is 0 Å². The van der Waals surface area contributed by atoms with Crippen molar-refractivity contribution in [2.75, 3.05) is 11.1 Å². The van der Waals surface area contributed by atoms with Gasteiger partial charge in [0.05, 0.1) is 5.75 Å². The summed E-state index contributed by atoms with van der Waals surface area (Å²) in [4.78, 5) is 12.2. The summed E-state index contributed by atoms with van der Waals surface area (Å²) in [7, 11) is 0. The van der Waals surface area contributed by atoms with E-state index in [1.54, 1.807) is 6.08 Å². The molecule has 0 bridgehead atoms. The second-order valence-electron chi connectivity index (χ2n) is 6.06. The van der Waals surface area contributed by atoms with Gasteiger partial charge in [0.2, 0.25) is 11.7 Å². The number of carbonyl (C=O) groups is 1. The average molecular weight is 390 g/mol. The average Bonchev–Trinajstić information content (AvgIpc) is 3.31. The smallest absolute Gasteiger partial charge is 0.234 e. The number of hydrogen-bond acceptors (Lipinski definition) is 5. The van der Waals surface area contributed by atoms with E-state index < -0.39 is 0 Å². The van der Waals surface area contributed by atoms with Crippen molar-refractivity contribution in [1.82, 2.24) is 14.8 Å². The molecule has 0 saturated heterocycles. The molecule has 0 spiro atoms. The molecule has 0 unspecified atom stereocenters. The zero-order valence-electron chi connectivity index (χ0n) is 15.0. The first-order valence-corrected chi connectivity index (χ1v) is 9.74. The highest BCUT2D eigenvalue weighted by atomic mass is 32.2. The van der Waals surface area contributed by atoms with E-state index in [9.17, 15) is 4.79 Å². The van der Waals surface area contributed by atoms with E-state index >= 15 is 0 Å². The van der Waals surface area contributed by atoms with Crippen LogP contribution in [-0.4, -0.2) is 26.4 Å². The predicted octanol–water partition coefficient (Wildman–Crippen LogP) is 4.61. The number of fused-ring (bicyclic) bond motifs is 1. The molecular formula is C21H18N4O2S. The highest BCUT2D eigenvalue weighted by molar-refractivity contribution is 7.99. The third-order valence-electron chi connectivity index (χ3n) is 4.06. The summed E-state index contributed by atoms with van der Waals surface area (Å²) in [6, 6.07) is 19.1. The van der Waals surface area contributed by atoms with E-state index in [2.05, 4.69) is 22.1 Å². The lowest BCUT2D eigenvalue weighted by molar-refractivity contribution is -0.113. The predicted molar refractivity (Wildman–Crippen MR) is 111 cm³/mol. The molecular weight excluding hydrogens is 372 g/mol. The van der Waals surface area contributed by atoms with Crippen LogP contribution in [0, 0.1) is 0 Å². The Morgan fingerprint density at radius 1 is 1.14 bits per heavy atom. The fraction of sp³-hybridized carbons (Fsp3) is 0.0952. The quantitative estimate of drug-likeness (QED) is 0.369. The zero-order valence-corrected chi connectivity index (χ0v) is 15.9. The number of anilines is 1. The molecule has 0 saturated carbocycles. The number of amides is 1. The normalized spacial score (nSPS) is 10.9. The minimum Gasteiger partial charge on any atom is -0.453 e. The van der Waals surface area contributed by atoms with Crippen molar-refractivity contribution < 1.29 is 9.21 Å². The van der Waals surface area contributed by atoms with Gasteiger partial charge >= 0.3 is 0 Å². The molecule has 1 amide bonds. The molecule has 6 nitrogen and oxygen atoms in total. The van der Waals surface area contributed by atoms with E-state index in [1.165, 1.54) is 11.8 Å². The van der Waals surface area contributed by atoms with Gasteiger partial charge in [-0.05, 0) is 24.3 Å². The summed E-state index contributed by atoms with van der Waals surface area (Å²) in [6.45, 7) is 4.33. The van der Waals surface area contributed by atoms with Crippen LogP contribution in [0.4, 0.5) is 5.69 Å². The van der Waals surface area contributed by atoms with Crippen molar-refractivity contribution in [3.05, 3.63) is 73.3 Å². The topological polar surface area (TPSA) is 73.0 Å². The molecule has 0 fully saturated rings. The van der Waals surface area contributed by atoms with Gasteiger partial charge in [-0.1, -0.05) is 54.2 Å². The van der Waals surface area contributed by atoms with Crippen molar-refractivity contribution in [2.45, 2.75) is 11.7 Å². The number of benzene rings is 2. The maximum Gasteiger partial charge on any atom is 0.234 e. The molecule has 2 heterocycles. The number of aromatic nitrogens is 3. The first-order chi connectivity index (χ1) is 13.7. The second kappa shape index (κ2) is 8.14. The van der Waals surface area contributed by atoms with Crippen LogP contribution in [-0.2, 0) is 11.3 Å². The lowest BCUT2D eigenvalue weighted by Gasteiger charge is -2.07. The third-order valence-corrected chi connectivity index (χ3v) is 5.03. The van der Waals surface area contributed by atoms with Crippen LogP contribution < -0.4 is 5.32 Å². The number of rotatable bonds is 7. The highest BCUT2D eigenvalue weighted by Crippen LogP contribution is 2.29. The Morgan fingerprint density at radius 3 is 2.71 bits per heavy atom. The summed E-state index contributed by atoms with van der Waals surface area (Å²) in [5.74, 6) is 1.37. The molecule has 0 aliphatic heterocycles. The summed E-state index contributed by atoms with van der Waals surface area (Å²) in [6.07, 6.45) is 1.77. The van der Waals surface area contributed by atoms with Crippen LogP contribution in [0.5, 0.6) is 0 Å². The molecule has 140 valence electrons. The SMILES string of the molecule is C=CCn1c(SCC(=O)Nc2ccccc2)nnc1-c1cc2ccccc2o1. The van der Waals surface area contributed by atoms with Crippen LogP contribution in [0.1, 0.15) is 0 Å². The second-order valence-corrected chi connectivity index (χ2v) is 7.00. The van der Waals surface area contributed by atoms with Crippen molar-refractivity contribution in [1.29, 1.82) is 0 Å². The molecule has 4 aromatic rings. The minimum absolute atomic E-state index is 0.102. The van der Waals surface area contributed by atoms with Crippen LogP contribution in [0.15, 0.2) is 82.9 Å². The highest BCUT2D eigenvalue weighted by Gasteiger charge is 2.18. The largest absolute Gasteiger partial charge is 0.453 e. The van der Waals surface area contributed by atoms with Gasteiger partial charge in [0.15, 0.2) is 10.9 Å². The Balaban J connectivity index is 1.53. The maximum absolute atomic E-state index is 12.2. The summed E-state index contributed by atoms with van der Waals surface area (Å²) < 4.78 is 7.81. The molecule has 28 heavy (non-hydrogen) atoms. The molecule has 4 rings (SSSR count). The van der Waals surface area contributed by atoms with Crippen molar-refractivity contribution in [3.8, 4) is 11.6 Å². The Bertz CT molecular complexity index is 1080. The summed E-state index contributed by atoms with van der Waals surface area (Å²) in [5.41, 5.74) is 1.56. The van der Waals surface area contributed by atoms with Gasteiger partial charge in [-0.15, -0.1) is 16.8 Å². The van der Waals surface area contributed by atoms with Crippen molar-refractivity contribution in [2.24, 2.45) is 0 Å². The number of carbonyl (C=O) groups excluding carboxylic acids is 1. The first kappa shape index (κ1) is 18.1. The molecule has 0 atom stereocenters. The number of para-hydroxylation sites is 2. The van der Waals surface area contributed by atoms with Crippen LogP contribution in [0.2, 0.25) is 0 Å². The number of furan rings is 1. The molecule has 7 heteroatoms. The molecule has 0 aliphatic rings. The van der Waals surface area contributed by atoms with E-state index in [4.69, 9.17) is 4.42 Å². The Labute approximate surface area is 166 Å². The van der Waals surface area contributed by atoms with E-state index in [-0.39, 0.29) is 11.7 Å². The lowest BCUT2D eigenvalue weighted by atomic mass is 10.2. The first-order valence-electron chi connectivity index (χ1n) is 8.75. The summed E-state index contributed by atoms with van der Waals surface area (Å²) >= 11 is 1.32. The lowest BCUT2D eigenvalue weighted by Crippen LogP contribution is -2.14. The zero-order chi connectivity index (χ0) is 19.3. The Hall–Kier alpha value is -3.32. The monoisotopic (exact) mass is 390 g/mol. The number of allylic oxidation sites excluding steroid dienone is 1. The molecule has 0 aliphatic carbocycles. The van der Waals surface area contributed by atoms with Crippen LogP contribution in [0.25, 0.3) is 22.6 Å². The van der Waals surface area contributed by atoms with Gasteiger partial charge in [0.1, 0.15) is 5.58 Å². The third kappa shape index (κ3) is 3.84. The number of nitrogens with one attached hydrogen (secondary N) is 1.